The molecule has 0 aliphatic rings. The number of amides is 1. The molecular weight excluding hydrogens is 240 g/mol. The second-order valence-corrected chi connectivity index (χ2v) is 5.59. The van der Waals surface area contributed by atoms with Crippen molar-refractivity contribution in [3.05, 3.63) is 29.8 Å². The van der Waals surface area contributed by atoms with E-state index >= 15 is 0 Å². The van der Waals surface area contributed by atoms with Crippen molar-refractivity contribution in [2.75, 3.05) is 13.1 Å². The zero-order valence-corrected chi connectivity index (χ0v) is 12.2. The summed E-state index contributed by atoms with van der Waals surface area (Å²) in [5.74, 6) is 0.611. The summed E-state index contributed by atoms with van der Waals surface area (Å²) in [4.78, 5) is 11.8. The smallest absolute Gasteiger partial charge is 0.260 e. The molecule has 0 aliphatic carbocycles. The second kappa shape index (κ2) is 6.57. The standard InChI is InChI=1S/C15H24N2O2/c1-11(14(18)17-10-9-16)19-13-8-6-5-7-12(13)15(2,3)4/h5-8,11H,9-10,16H2,1-4H3,(H,17,18). The van der Waals surface area contributed by atoms with Gasteiger partial charge in [0, 0.05) is 13.1 Å². The molecule has 0 aliphatic heterocycles. The monoisotopic (exact) mass is 264 g/mol. The normalized spacial score (nSPS) is 12.9. The van der Waals surface area contributed by atoms with Crippen LogP contribution in [-0.4, -0.2) is 25.1 Å². The van der Waals surface area contributed by atoms with E-state index in [-0.39, 0.29) is 11.3 Å². The predicted octanol–water partition coefficient (Wildman–Crippen LogP) is 1.83. The lowest BCUT2D eigenvalue weighted by Crippen LogP contribution is -2.39. The average Bonchev–Trinajstić information content (AvgIpc) is 2.35. The van der Waals surface area contributed by atoms with E-state index in [2.05, 4.69) is 26.1 Å². The van der Waals surface area contributed by atoms with Gasteiger partial charge in [-0.05, 0) is 24.0 Å². The molecule has 0 aromatic heterocycles. The van der Waals surface area contributed by atoms with Gasteiger partial charge < -0.3 is 15.8 Å². The molecule has 0 saturated heterocycles. The lowest BCUT2D eigenvalue weighted by Gasteiger charge is -2.24. The lowest BCUT2D eigenvalue weighted by molar-refractivity contribution is -0.127. The molecule has 0 spiro atoms. The summed E-state index contributed by atoms with van der Waals surface area (Å²) in [6.07, 6.45) is -0.532. The first-order valence-corrected chi connectivity index (χ1v) is 6.60. The molecule has 0 heterocycles. The van der Waals surface area contributed by atoms with Gasteiger partial charge in [-0.2, -0.15) is 0 Å². The summed E-state index contributed by atoms with van der Waals surface area (Å²) in [5, 5.41) is 2.72. The first-order valence-electron chi connectivity index (χ1n) is 6.60. The Labute approximate surface area is 115 Å². The number of carbonyl (C=O) groups is 1. The first-order chi connectivity index (χ1) is 8.86. The van der Waals surface area contributed by atoms with E-state index in [1.807, 2.05) is 24.3 Å². The Morgan fingerprint density at radius 2 is 2.00 bits per heavy atom. The first kappa shape index (κ1) is 15.5. The van der Waals surface area contributed by atoms with Crippen LogP contribution in [0.2, 0.25) is 0 Å². The predicted molar refractivity (Wildman–Crippen MR) is 77.3 cm³/mol. The third-order valence-corrected chi connectivity index (χ3v) is 2.81. The Kier molecular flexibility index (Phi) is 5.36. The highest BCUT2D eigenvalue weighted by atomic mass is 16.5. The van der Waals surface area contributed by atoms with Gasteiger partial charge in [0.2, 0.25) is 0 Å². The van der Waals surface area contributed by atoms with Gasteiger partial charge in [0.25, 0.3) is 5.91 Å². The Morgan fingerprint density at radius 1 is 1.37 bits per heavy atom. The Bertz CT molecular complexity index is 424. The number of hydrogen-bond acceptors (Lipinski definition) is 3. The van der Waals surface area contributed by atoms with Crippen molar-refractivity contribution >= 4 is 5.91 Å². The lowest BCUT2D eigenvalue weighted by atomic mass is 9.86. The van der Waals surface area contributed by atoms with Gasteiger partial charge in [-0.3, -0.25) is 4.79 Å². The van der Waals surface area contributed by atoms with Gasteiger partial charge in [-0.25, -0.2) is 0 Å². The van der Waals surface area contributed by atoms with Crippen molar-refractivity contribution < 1.29 is 9.53 Å². The van der Waals surface area contributed by atoms with Crippen molar-refractivity contribution in [2.45, 2.75) is 39.2 Å². The molecule has 19 heavy (non-hydrogen) atoms. The van der Waals surface area contributed by atoms with Crippen LogP contribution in [-0.2, 0) is 10.2 Å². The zero-order chi connectivity index (χ0) is 14.5. The highest BCUT2D eigenvalue weighted by molar-refractivity contribution is 5.80. The minimum Gasteiger partial charge on any atom is -0.481 e. The maximum Gasteiger partial charge on any atom is 0.260 e. The van der Waals surface area contributed by atoms with Crippen molar-refractivity contribution in [1.82, 2.24) is 5.32 Å². The molecular formula is C15H24N2O2. The summed E-state index contributed by atoms with van der Waals surface area (Å²) in [5.41, 5.74) is 6.42. The molecule has 0 radical (unpaired) electrons. The van der Waals surface area contributed by atoms with Crippen LogP contribution in [0.3, 0.4) is 0 Å². The van der Waals surface area contributed by atoms with E-state index in [9.17, 15) is 4.79 Å². The molecule has 1 aromatic rings. The molecule has 1 atom stereocenters. The quantitative estimate of drug-likeness (QED) is 0.852. The molecule has 4 nitrogen and oxygen atoms in total. The molecule has 0 saturated carbocycles. The summed E-state index contributed by atoms with van der Waals surface area (Å²) < 4.78 is 5.78. The van der Waals surface area contributed by atoms with Gasteiger partial charge in [-0.15, -0.1) is 0 Å². The number of nitrogens with one attached hydrogen (secondary N) is 1. The number of para-hydroxylation sites is 1. The van der Waals surface area contributed by atoms with Crippen LogP contribution in [0.4, 0.5) is 0 Å². The third kappa shape index (κ3) is 4.56. The molecule has 4 heteroatoms. The molecule has 3 N–H and O–H groups in total. The largest absolute Gasteiger partial charge is 0.481 e. The van der Waals surface area contributed by atoms with E-state index in [1.165, 1.54) is 0 Å². The van der Waals surface area contributed by atoms with Crippen LogP contribution in [0.5, 0.6) is 5.75 Å². The van der Waals surface area contributed by atoms with Crippen LogP contribution in [0, 0.1) is 0 Å². The van der Waals surface area contributed by atoms with E-state index in [0.29, 0.717) is 13.1 Å². The minimum absolute atomic E-state index is 0.0238. The average molecular weight is 264 g/mol. The number of carbonyl (C=O) groups excluding carboxylic acids is 1. The maximum absolute atomic E-state index is 11.8. The molecule has 106 valence electrons. The van der Waals surface area contributed by atoms with E-state index < -0.39 is 6.10 Å². The highest BCUT2D eigenvalue weighted by Gasteiger charge is 2.21. The molecule has 1 amide bonds. The van der Waals surface area contributed by atoms with Crippen LogP contribution in [0.1, 0.15) is 33.3 Å². The van der Waals surface area contributed by atoms with Gasteiger partial charge >= 0.3 is 0 Å². The zero-order valence-electron chi connectivity index (χ0n) is 12.2. The summed E-state index contributed by atoms with van der Waals surface area (Å²) in [7, 11) is 0. The molecule has 1 unspecified atom stereocenters. The Balaban J connectivity index is 2.80. The Morgan fingerprint density at radius 3 is 2.58 bits per heavy atom. The fourth-order valence-corrected chi connectivity index (χ4v) is 1.77. The topological polar surface area (TPSA) is 64.3 Å². The van der Waals surface area contributed by atoms with Crippen molar-refractivity contribution in [3.63, 3.8) is 0 Å². The number of ether oxygens (including phenoxy) is 1. The van der Waals surface area contributed by atoms with E-state index in [1.54, 1.807) is 6.92 Å². The SMILES string of the molecule is CC(Oc1ccccc1C(C)(C)C)C(=O)NCCN. The number of nitrogens with two attached hydrogens (primary N) is 1. The highest BCUT2D eigenvalue weighted by Crippen LogP contribution is 2.31. The number of rotatable bonds is 5. The summed E-state index contributed by atoms with van der Waals surface area (Å²) in [6, 6.07) is 7.81. The fourth-order valence-electron chi connectivity index (χ4n) is 1.77. The second-order valence-electron chi connectivity index (χ2n) is 5.59. The summed E-state index contributed by atoms with van der Waals surface area (Å²) in [6.45, 7) is 8.99. The van der Waals surface area contributed by atoms with Gasteiger partial charge in [0.05, 0.1) is 0 Å². The molecule has 1 rings (SSSR count). The van der Waals surface area contributed by atoms with Crippen LogP contribution < -0.4 is 15.8 Å². The van der Waals surface area contributed by atoms with E-state index in [0.717, 1.165) is 11.3 Å². The number of benzene rings is 1. The minimum atomic E-state index is -0.532. The van der Waals surface area contributed by atoms with Gasteiger partial charge in [0.1, 0.15) is 5.75 Å². The molecule has 1 aromatic carbocycles. The maximum atomic E-state index is 11.8. The van der Waals surface area contributed by atoms with E-state index in [4.69, 9.17) is 10.5 Å². The van der Waals surface area contributed by atoms with Crippen LogP contribution in [0.25, 0.3) is 0 Å². The molecule has 0 fully saturated rings. The summed E-state index contributed by atoms with van der Waals surface area (Å²) >= 11 is 0. The fraction of sp³-hybridized carbons (Fsp3) is 0.533. The molecule has 0 bridgehead atoms. The third-order valence-electron chi connectivity index (χ3n) is 2.81. The van der Waals surface area contributed by atoms with Crippen LogP contribution >= 0.6 is 0 Å². The van der Waals surface area contributed by atoms with Crippen molar-refractivity contribution in [3.8, 4) is 5.75 Å². The van der Waals surface area contributed by atoms with Gasteiger partial charge in [0.15, 0.2) is 6.10 Å². The Hall–Kier alpha value is -1.55. The van der Waals surface area contributed by atoms with Crippen LogP contribution in [0.15, 0.2) is 24.3 Å². The van der Waals surface area contributed by atoms with Crippen molar-refractivity contribution in [1.29, 1.82) is 0 Å². The van der Waals surface area contributed by atoms with Crippen molar-refractivity contribution in [2.24, 2.45) is 5.73 Å². The number of hydrogen-bond donors (Lipinski definition) is 2. The van der Waals surface area contributed by atoms with Gasteiger partial charge in [-0.1, -0.05) is 39.0 Å².